The summed E-state index contributed by atoms with van der Waals surface area (Å²) in [4.78, 5) is 26.0. The average Bonchev–Trinajstić information content (AvgIpc) is 2.94. The summed E-state index contributed by atoms with van der Waals surface area (Å²) in [6.07, 6.45) is 1.82. The van der Waals surface area contributed by atoms with E-state index in [1.54, 1.807) is 0 Å². The maximum atomic E-state index is 11.9. The lowest BCUT2D eigenvalue weighted by molar-refractivity contribution is -0.383. The van der Waals surface area contributed by atoms with Crippen molar-refractivity contribution in [3.63, 3.8) is 0 Å². The smallest absolute Gasteiger partial charge is 0.294 e. The number of halogens is 1. The number of carbonyl (C=O) groups is 1. The van der Waals surface area contributed by atoms with Crippen molar-refractivity contribution >= 4 is 28.9 Å². The molecule has 0 aliphatic heterocycles. The average molecular weight is 311 g/mol. The summed E-state index contributed by atoms with van der Waals surface area (Å²) in [5.41, 5.74) is 4.99. The zero-order chi connectivity index (χ0) is 15.4. The molecule has 2 rings (SSSR count). The first-order valence-electron chi connectivity index (χ1n) is 5.85. The second kappa shape index (κ2) is 6.18. The van der Waals surface area contributed by atoms with Crippen LogP contribution < -0.4 is 11.1 Å². The highest BCUT2D eigenvalue weighted by Crippen LogP contribution is 2.30. The third-order valence-corrected chi connectivity index (χ3v) is 2.99. The van der Waals surface area contributed by atoms with Gasteiger partial charge in [-0.3, -0.25) is 20.0 Å². The quantitative estimate of drug-likeness (QED) is 0.426. The summed E-state index contributed by atoms with van der Waals surface area (Å²) >= 11 is 5.79. The number of nitrogens with two attached hydrogens (primary N) is 1. The van der Waals surface area contributed by atoms with E-state index in [1.165, 1.54) is 12.4 Å². The van der Waals surface area contributed by atoms with Gasteiger partial charge in [0.25, 0.3) is 11.6 Å². The largest absolute Gasteiger partial charge is 0.392 e. The first kappa shape index (κ1) is 14.7. The molecule has 0 atom stereocenters. The van der Waals surface area contributed by atoms with E-state index in [2.05, 4.69) is 20.5 Å². The molecule has 10 heteroatoms. The number of nitrogens with zero attached hydrogens (tertiary/aromatic N) is 3. The van der Waals surface area contributed by atoms with Crippen LogP contribution in [-0.2, 0) is 6.42 Å². The molecule has 0 radical (unpaired) electrons. The molecule has 1 aromatic heterocycles. The van der Waals surface area contributed by atoms with Crippen molar-refractivity contribution in [2.24, 2.45) is 0 Å². The van der Waals surface area contributed by atoms with E-state index in [1.807, 2.05) is 0 Å². The minimum atomic E-state index is -0.688. The van der Waals surface area contributed by atoms with Crippen molar-refractivity contribution in [2.45, 2.75) is 6.42 Å². The zero-order valence-electron chi connectivity index (χ0n) is 10.7. The molecule has 2 aromatic rings. The highest BCUT2D eigenvalue weighted by atomic mass is 35.5. The Morgan fingerprint density at radius 1 is 1.52 bits per heavy atom. The number of carbonyl (C=O) groups excluding carboxylic acids is 1. The van der Waals surface area contributed by atoms with E-state index < -0.39 is 16.5 Å². The molecule has 0 spiro atoms. The third-order valence-electron chi connectivity index (χ3n) is 2.68. The van der Waals surface area contributed by atoms with Gasteiger partial charge in [-0.05, 0) is 6.07 Å². The van der Waals surface area contributed by atoms with Gasteiger partial charge < -0.3 is 11.1 Å². The van der Waals surface area contributed by atoms with E-state index in [0.29, 0.717) is 18.8 Å². The van der Waals surface area contributed by atoms with Crippen LogP contribution in [0.15, 0.2) is 18.5 Å². The summed E-state index contributed by atoms with van der Waals surface area (Å²) < 4.78 is 0. The molecule has 1 aromatic carbocycles. The SMILES string of the molecule is Nc1c(Cl)cc(C(=O)NCCc2ncn[nH]2)cc1[N+](=O)[O-]. The lowest BCUT2D eigenvalue weighted by Gasteiger charge is -2.06. The van der Waals surface area contributed by atoms with Gasteiger partial charge in [-0.25, -0.2) is 4.98 Å². The van der Waals surface area contributed by atoms with Crippen LogP contribution in [0, 0.1) is 10.1 Å². The van der Waals surface area contributed by atoms with E-state index in [9.17, 15) is 14.9 Å². The van der Waals surface area contributed by atoms with E-state index in [4.69, 9.17) is 17.3 Å². The van der Waals surface area contributed by atoms with Gasteiger partial charge in [0, 0.05) is 24.6 Å². The second-order valence-electron chi connectivity index (χ2n) is 4.09. The second-order valence-corrected chi connectivity index (χ2v) is 4.49. The molecule has 0 saturated carbocycles. The van der Waals surface area contributed by atoms with Gasteiger partial charge in [0.2, 0.25) is 0 Å². The predicted molar refractivity (Wildman–Crippen MR) is 74.9 cm³/mol. The lowest BCUT2D eigenvalue weighted by Crippen LogP contribution is -2.26. The number of aromatic nitrogens is 3. The Labute approximate surface area is 123 Å². The Kier molecular flexibility index (Phi) is 4.33. The van der Waals surface area contributed by atoms with Gasteiger partial charge in [-0.15, -0.1) is 0 Å². The number of nitro benzene ring substituents is 1. The maximum absolute atomic E-state index is 11.9. The molecule has 0 saturated heterocycles. The fraction of sp³-hybridized carbons (Fsp3) is 0.182. The minimum Gasteiger partial charge on any atom is -0.392 e. The van der Waals surface area contributed by atoms with Crippen LogP contribution in [-0.4, -0.2) is 32.6 Å². The Hall–Kier alpha value is -2.68. The molecule has 0 aliphatic rings. The first-order valence-corrected chi connectivity index (χ1v) is 6.22. The molecule has 0 bridgehead atoms. The number of rotatable bonds is 5. The van der Waals surface area contributed by atoms with Crippen molar-refractivity contribution in [3.05, 3.63) is 45.0 Å². The molecular weight excluding hydrogens is 300 g/mol. The Morgan fingerprint density at radius 2 is 2.29 bits per heavy atom. The number of hydrogen-bond donors (Lipinski definition) is 3. The van der Waals surface area contributed by atoms with Gasteiger partial charge in [-0.1, -0.05) is 11.6 Å². The molecule has 4 N–H and O–H groups in total. The summed E-state index contributed by atoms with van der Waals surface area (Å²) in [5, 5.41) is 19.7. The summed E-state index contributed by atoms with van der Waals surface area (Å²) in [6.45, 7) is 0.295. The minimum absolute atomic E-state index is 0.0374. The Balaban J connectivity index is 2.07. The molecule has 0 aliphatic carbocycles. The fourth-order valence-electron chi connectivity index (χ4n) is 1.63. The van der Waals surface area contributed by atoms with Crippen LogP contribution in [0.1, 0.15) is 16.2 Å². The third kappa shape index (κ3) is 3.45. The normalized spacial score (nSPS) is 10.3. The van der Waals surface area contributed by atoms with Gasteiger partial charge in [0.15, 0.2) is 0 Å². The Morgan fingerprint density at radius 3 is 2.90 bits per heavy atom. The molecule has 1 amide bonds. The monoisotopic (exact) mass is 310 g/mol. The van der Waals surface area contributed by atoms with Crippen LogP contribution >= 0.6 is 11.6 Å². The number of benzene rings is 1. The van der Waals surface area contributed by atoms with Crippen molar-refractivity contribution < 1.29 is 9.72 Å². The van der Waals surface area contributed by atoms with Crippen molar-refractivity contribution in [1.82, 2.24) is 20.5 Å². The number of nitrogens with one attached hydrogen (secondary N) is 2. The number of anilines is 1. The maximum Gasteiger partial charge on any atom is 0.294 e. The number of H-pyrrole nitrogens is 1. The first-order chi connectivity index (χ1) is 9.99. The summed E-state index contributed by atoms with van der Waals surface area (Å²) in [5.74, 6) is 0.135. The molecular formula is C11H11ClN6O3. The summed E-state index contributed by atoms with van der Waals surface area (Å²) in [6, 6.07) is 2.37. The van der Waals surface area contributed by atoms with Crippen LogP contribution in [0.3, 0.4) is 0 Å². The number of aromatic amines is 1. The molecule has 110 valence electrons. The van der Waals surface area contributed by atoms with Crippen molar-refractivity contribution in [2.75, 3.05) is 12.3 Å². The van der Waals surface area contributed by atoms with E-state index >= 15 is 0 Å². The van der Waals surface area contributed by atoms with Gasteiger partial charge in [-0.2, -0.15) is 5.10 Å². The topological polar surface area (TPSA) is 140 Å². The lowest BCUT2D eigenvalue weighted by atomic mass is 10.1. The molecule has 0 unspecified atom stereocenters. The number of nitro groups is 1. The Bertz CT molecular complexity index is 673. The summed E-state index contributed by atoms with van der Waals surface area (Å²) in [7, 11) is 0. The molecule has 1 heterocycles. The zero-order valence-corrected chi connectivity index (χ0v) is 11.4. The van der Waals surface area contributed by atoms with Crippen LogP contribution in [0.5, 0.6) is 0 Å². The van der Waals surface area contributed by atoms with Gasteiger partial charge >= 0.3 is 0 Å². The van der Waals surface area contributed by atoms with Crippen molar-refractivity contribution in [3.8, 4) is 0 Å². The molecule has 9 nitrogen and oxygen atoms in total. The predicted octanol–water partition coefficient (Wildman–Crippen LogP) is 0.921. The van der Waals surface area contributed by atoms with Gasteiger partial charge in [0.1, 0.15) is 17.8 Å². The van der Waals surface area contributed by atoms with E-state index in [0.717, 1.165) is 6.07 Å². The van der Waals surface area contributed by atoms with Crippen LogP contribution in [0.4, 0.5) is 11.4 Å². The number of amides is 1. The van der Waals surface area contributed by atoms with E-state index in [-0.39, 0.29) is 16.3 Å². The van der Waals surface area contributed by atoms with Crippen LogP contribution in [0.2, 0.25) is 5.02 Å². The van der Waals surface area contributed by atoms with Crippen LogP contribution in [0.25, 0.3) is 0 Å². The highest BCUT2D eigenvalue weighted by molar-refractivity contribution is 6.34. The standard InChI is InChI=1S/C11H11ClN6O3/c12-7-3-6(4-8(10(7)13)18(20)21)11(19)14-2-1-9-15-5-16-17-9/h3-5H,1-2,13H2,(H,14,19)(H,15,16,17). The van der Waals surface area contributed by atoms with Gasteiger partial charge in [0.05, 0.1) is 9.95 Å². The number of nitrogen functional groups attached to an aromatic ring is 1. The molecule has 0 fully saturated rings. The fourth-order valence-corrected chi connectivity index (χ4v) is 1.85. The molecule has 21 heavy (non-hydrogen) atoms. The highest BCUT2D eigenvalue weighted by Gasteiger charge is 2.19. The number of hydrogen-bond acceptors (Lipinski definition) is 6. The van der Waals surface area contributed by atoms with Crippen molar-refractivity contribution in [1.29, 1.82) is 0 Å².